The van der Waals surface area contributed by atoms with Gasteiger partial charge in [0.25, 0.3) is 0 Å². The van der Waals surface area contributed by atoms with Gasteiger partial charge in [0.1, 0.15) is 11.4 Å². The molecule has 18 heavy (non-hydrogen) atoms. The molecule has 0 saturated carbocycles. The molecule has 1 heterocycles. The minimum atomic E-state index is -0.398. The van der Waals surface area contributed by atoms with E-state index in [-0.39, 0.29) is 0 Å². The number of methoxy groups -OCH3 is 1. The molecule has 0 fully saturated rings. The molecule has 2 aromatic rings. The number of hydrogen-bond acceptors (Lipinski definition) is 6. The molecule has 0 aliphatic rings. The molecule has 1 aromatic carbocycles. The maximum atomic E-state index is 11.7. The van der Waals surface area contributed by atoms with E-state index >= 15 is 0 Å². The van der Waals surface area contributed by atoms with Crippen LogP contribution in [0.2, 0.25) is 0 Å². The molecule has 0 bridgehead atoms. The Morgan fingerprint density at radius 3 is 3.00 bits per heavy atom. The van der Waals surface area contributed by atoms with Gasteiger partial charge in [0.15, 0.2) is 4.88 Å². The van der Waals surface area contributed by atoms with Gasteiger partial charge in [0.2, 0.25) is 0 Å². The molecule has 6 heteroatoms. The quantitative estimate of drug-likeness (QED) is 0.793. The Bertz CT molecular complexity index is 554. The Morgan fingerprint density at radius 2 is 2.28 bits per heavy atom. The van der Waals surface area contributed by atoms with Crippen molar-refractivity contribution in [2.75, 3.05) is 13.7 Å². The Morgan fingerprint density at radius 1 is 1.44 bits per heavy atom. The Hall–Kier alpha value is -1.95. The SMILES string of the molecule is CCOC(=O)c1snnc1-c1cccc(OC)c1. The van der Waals surface area contributed by atoms with Crippen LogP contribution in [0.1, 0.15) is 16.6 Å². The van der Waals surface area contributed by atoms with Gasteiger partial charge in [-0.05, 0) is 30.6 Å². The van der Waals surface area contributed by atoms with Crippen LogP contribution < -0.4 is 4.74 Å². The molecule has 0 aliphatic carbocycles. The van der Waals surface area contributed by atoms with Crippen molar-refractivity contribution >= 4 is 17.5 Å². The zero-order valence-corrected chi connectivity index (χ0v) is 10.9. The minimum Gasteiger partial charge on any atom is -0.497 e. The van der Waals surface area contributed by atoms with Gasteiger partial charge < -0.3 is 9.47 Å². The van der Waals surface area contributed by atoms with Crippen LogP contribution in [0.4, 0.5) is 0 Å². The summed E-state index contributed by atoms with van der Waals surface area (Å²) in [7, 11) is 1.59. The molecule has 0 spiro atoms. The molecular formula is C12H12N2O3S. The standard InChI is InChI=1S/C12H12N2O3S/c1-3-17-12(15)11-10(13-14-18-11)8-5-4-6-9(7-8)16-2/h4-7H,3H2,1-2H3. The molecular weight excluding hydrogens is 252 g/mol. The predicted octanol–water partition coefficient (Wildman–Crippen LogP) is 2.39. The fourth-order valence-electron chi connectivity index (χ4n) is 1.48. The molecule has 0 amide bonds. The van der Waals surface area contributed by atoms with Crippen LogP contribution in [-0.4, -0.2) is 29.3 Å². The first-order valence-electron chi connectivity index (χ1n) is 5.40. The van der Waals surface area contributed by atoms with E-state index in [1.165, 1.54) is 0 Å². The summed E-state index contributed by atoms with van der Waals surface area (Å²) >= 11 is 1.03. The van der Waals surface area contributed by atoms with Gasteiger partial charge in [-0.25, -0.2) is 4.79 Å². The Kier molecular flexibility index (Phi) is 3.88. The molecule has 0 unspecified atom stereocenters. The van der Waals surface area contributed by atoms with E-state index in [2.05, 4.69) is 9.59 Å². The highest BCUT2D eigenvalue weighted by Crippen LogP contribution is 2.27. The summed E-state index contributed by atoms with van der Waals surface area (Å²) in [5, 5.41) is 3.98. The molecule has 2 rings (SSSR count). The number of hydrogen-bond donors (Lipinski definition) is 0. The lowest BCUT2D eigenvalue weighted by atomic mass is 10.1. The maximum Gasteiger partial charge on any atom is 0.352 e. The second kappa shape index (κ2) is 5.59. The third kappa shape index (κ3) is 2.48. The summed E-state index contributed by atoms with van der Waals surface area (Å²) in [6.07, 6.45) is 0. The van der Waals surface area contributed by atoms with Crippen LogP contribution in [0.25, 0.3) is 11.3 Å². The van der Waals surface area contributed by atoms with Crippen molar-refractivity contribution in [3.63, 3.8) is 0 Å². The normalized spacial score (nSPS) is 10.1. The third-order valence-corrected chi connectivity index (χ3v) is 3.00. The van der Waals surface area contributed by atoms with Gasteiger partial charge in [-0.15, -0.1) is 5.10 Å². The van der Waals surface area contributed by atoms with E-state index in [9.17, 15) is 4.79 Å². The van der Waals surface area contributed by atoms with Crippen LogP contribution >= 0.6 is 11.5 Å². The first-order valence-corrected chi connectivity index (χ1v) is 6.17. The summed E-state index contributed by atoms with van der Waals surface area (Å²) in [5.74, 6) is 0.306. The van der Waals surface area contributed by atoms with Crippen molar-refractivity contribution < 1.29 is 14.3 Å². The third-order valence-electron chi connectivity index (χ3n) is 2.29. The lowest BCUT2D eigenvalue weighted by Gasteiger charge is -2.03. The number of rotatable bonds is 4. The number of carbonyl (C=O) groups excluding carboxylic acids is 1. The summed E-state index contributed by atoms with van der Waals surface area (Å²) in [4.78, 5) is 12.1. The first kappa shape index (κ1) is 12.5. The van der Waals surface area contributed by atoms with E-state index in [1.807, 2.05) is 18.2 Å². The van der Waals surface area contributed by atoms with Gasteiger partial charge in [0.05, 0.1) is 13.7 Å². The highest BCUT2D eigenvalue weighted by Gasteiger charge is 2.19. The van der Waals surface area contributed by atoms with Crippen molar-refractivity contribution in [2.45, 2.75) is 6.92 Å². The zero-order valence-electron chi connectivity index (χ0n) is 10.0. The van der Waals surface area contributed by atoms with Crippen LogP contribution in [-0.2, 0) is 4.74 Å². The predicted molar refractivity (Wildman–Crippen MR) is 67.9 cm³/mol. The van der Waals surface area contributed by atoms with Gasteiger partial charge in [-0.3, -0.25) is 0 Å². The molecule has 0 saturated heterocycles. The summed E-state index contributed by atoms with van der Waals surface area (Å²) < 4.78 is 13.9. The maximum absolute atomic E-state index is 11.7. The number of benzene rings is 1. The lowest BCUT2D eigenvalue weighted by molar-refractivity contribution is 0.0532. The van der Waals surface area contributed by atoms with E-state index in [4.69, 9.17) is 9.47 Å². The second-order valence-electron chi connectivity index (χ2n) is 3.40. The molecule has 0 atom stereocenters. The fourth-order valence-corrected chi connectivity index (χ4v) is 2.06. The number of nitrogens with zero attached hydrogens (tertiary/aromatic N) is 2. The van der Waals surface area contributed by atoms with E-state index in [0.29, 0.717) is 22.9 Å². The fraction of sp³-hybridized carbons (Fsp3) is 0.250. The summed E-state index contributed by atoms with van der Waals surface area (Å²) in [6, 6.07) is 7.32. The van der Waals surface area contributed by atoms with Crippen LogP contribution in [0.5, 0.6) is 5.75 Å². The largest absolute Gasteiger partial charge is 0.497 e. The minimum absolute atomic E-state index is 0.328. The van der Waals surface area contributed by atoms with Gasteiger partial charge in [-0.2, -0.15) is 0 Å². The number of esters is 1. The van der Waals surface area contributed by atoms with Gasteiger partial charge in [0, 0.05) is 5.56 Å². The van der Waals surface area contributed by atoms with E-state index < -0.39 is 5.97 Å². The van der Waals surface area contributed by atoms with Gasteiger partial charge >= 0.3 is 5.97 Å². The molecule has 0 N–H and O–H groups in total. The summed E-state index contributed by atoms with van der Waals surface area (Å²) in [5.41, 5.74) is 1.31. The first-order chi connectivity index (χ1) is 8.76. The molecule has 5 nitrogen and oxygen atoms in total. The zero-order chi connectivity index (χ0) is 13.0. The Labute approximate surface area is 109 Å². The average molecular weight is 264 g/mol. The van der Waals surface area contributed by atoms with Gasteiger partial charge in [-0.1, -0.05) is 16.6 Å². The highest BCUT2D eigenvalue weighted by molar-refractivity contribution is 7.08. The summed E-state index contributed by atoms with van der Waals surface area (Å²) in [6.45, 7) is 2.09. The Balaban J connectivity index is 2.38. The monoisotopic (exact) mass is 264 g/mol. The van der Waals surface area contributed by atoms with E-state index in [1.54, 1.807) is 20.1 Å². The highest BCUT2D eigenvalue weighted by atomic mass is 32.1. The van der Waals surface area contributed by atoms with Crippen LogP contribution in [0.3, 0.4) is 0 Å². The van der Waals surface area contributed by atoms with Crippen molar-refractivity contribution in [3.8, 4) is 17.0 Å². The van der Waals surface area contributed by atoms with Crippen LogP contribution in [0, 0.1) is 0 Å². The molecule has 1 aromatic heterocycles. The second-order valence-corrected chi connectivity index (χ2v) is 4.16. The topological polar surface area (TPSA) is 61.3 Å². The number of aromatic nitrogens is 2. The number of carbonyl (C=O) groups is 1. The smallest absolute Gasteiger partial charge is 0.352 e. The molecule has 0 aliphatic heterocycles. The molecule has 94 valence electrons. The van der Waals surface area contributed by atoms with Crippen molar-refractivity contribution in [2.24, 2.45) is 0 Å². The molecule has 0 radical (unpaired) electrons. The van der Waals surface area contributed by atoms with Crippen LogP contribution in [0.15, 0.2) is 24.3 Å². The lowest BCUT2D eigenvalue weighted by Crippen LogP contribution is -2.04. The average Bonchev–Trinajstić information content (AvgIpc) is 2.88. The van der Waals surface area contributed by atoms with Crippen molar-refractivity contribution in [1.82, 2.24) is 9.59 Å². The number of ether oxygens (including phenoxy) is 2. The van der Waals surface area contributed by atoms with Crippen molar-refractivity contribution in [3.05, 3.63) is 29.1 Å². The van der Waals surface area contributed by atoms with E-state index in [0.717, 1.165) is 17.1 Å². The van der Waals surface area contributed by atoms with Crippen molar-refractivity contribution in [1.29, 1.82) is 0 Å².